The van der Waals surface area contributed by atoms with Gasteiger partial charge in [0, 0.05) is 38.2 Å². The third-order valence-corrected chi connectivity index (χ3v) is 6.12. The molecule has 0 aliphatic carbocycles. The van der Waals surface area contributed by atoms with E-state index in [2.05, 4.69) is 25.9 Å². The number of sulfonamides is 1. The SMILES string of the molecule is CN(C)S(=O)(=O)CCNc1nc(Nc2ccc3c(c2)CC(=O)N3)ncc1C(F)(F)F. The fourth-order valence-electron chi connectivity index (χ4n) is 2.70. The van der Waals surface area contributed by atoms with E-state index in [1.807, 2.05) is 0 Å². The lowest BCUT2D eigenvalue weighted by Crippen LogP contribution is -2.29. The van der Waals surface area contributed by atoms with Crippen molar-refractivity contribution in [1.29, 1.82) is 0 Å². The number of carbonyl (C=O) groups excluding carboxylic acids is 1. The number of hydrogen-bond acceptors (Lipinski definition) is 7. The molecule has 0 atom stereocenters. The van der Waals surface area contributed by atoms with Crippen LogP contribution >= 0.6 is 0 Å². The van der Waals surface area contributed by atoms with E-state index >= 15 is 0 Å². The first-order valence-corrected chi connectivity index (χ1v) is 10.3. The van der Waals surface area contributed by atoms with Crippen LogP contribution in [-0.2, 0) is 27.4 Å². The number of carbonyl (C=O) groups is 1. The normalized spacial score (nSPS) is 13.9. The maximum absolute atomic E-state index is 13.3. The van der Waals surface area contributed by atoms with Crippen LogP contribution in [0.3, 0.4) is 0 Å². The van der Waals surface area contributed by atoms with Gasteiger partial charge < -0.3 is 16.0 Å². The highest BCUT2D eigenvalue weighted by molar-refractivity contribution is 7.89. The van der Waals surface area contributed by atoms with Crippen molar-refractivity contribution in [1.82, 2.24) is 14.3 Å². The zero-order valence-corrected chi connectivity index (χ0v) is 16.9. The van der Waals surface area contributed by atoms with Gasteiger partial charge in [-0.15, -0.1) is 0 Å². The first kappa shape index (κ1) is 21.8. The van der Waals surface area contributed by atoms with E-state index in [0.717, 1.165) is 9.87 Å². The van der Waals surface area contributed by atoms with Crippen LogP contribution in [0.1, 0.15) is 11.1 Å². The third-order valence-electron chi connectivity index (χ3n) is 4.29. The molecule has 3 rings (SSSR count). The molecule has 13 heteroatoms. The van der Waals surface area contributed by atoms with Crippen LogP contribution < -0.4 is 16.0 Å². The molecule has 9 nitrogen and oxygen atoms in total. The summed E-state index contributed by atoms with van der Waals surface area (Å²) >= 11 is 0. The van der Waals surface area contributed by atoms with Gasteiger partial charge in [0.2, 0.25) is 21.9 Å². The Kier molecular flexibility index (Phi) is 5.85. The fraction of sp³-hybridized carbons (Fsp3) is 0.353. The van der Waals surface area contributed by atoms with Crippen LogP contribution in [0.5, 0.6) is 0 Å². The number of nitrogens with zero attached hydrogens (tertiary/aromatic N) is 3. The molecule has 0 unspecified atom stereocenters. The molecular formula is C17H19F3N6O3S. The molecule has 2 heterocycles. The van der Waals surface area contributed by atoms with Crippen molar-refractivity contribution in [2.45, 2.75) is 12.6 Å². The van der Waals surface area contributed by atoms with Crippen molar-refractivity contribution >= 4 is 39.1 Å². The van der Waals surface area contributed by atoms with Crippen molar-refractivity contribution in [2.24, 2.45) is 0 Å². The number of aromatic nitrogens is 2. The third kappa shape index (κ3) is 4.97. The number of amides is 1. The fourth-order valence-corrected chi connectivity index (χ4v) is 3.43. The van der Waals surface area contributed by atoms with Crippen LogP contribution in [0.4, 0.5) is 36.3 Å². The van der Waals surface area contributed by atoms with Crippen molar-refractivity contribution in [3.05, 3.63) is 35.5 Å². The maximum Gasteiger partial charge on any atom is 0.421 e. The molecule has 2 aromatic rings. The Balaban J connectivity index is 1.80. The topological polar surface area (TPSA) is 116 Å². The van der Waals surface area contributed by atoms with Gasteiger partial charge >= 0.3 is 6.18 Å². The van der Waals surface area contributed by atoms with Gasteiger partial charge in [0.15, 0.2) is 0 Å². The minimum Gasteiger partial charge on any atom is -0.368 e. The van der Waals surface area contributed by atoms with Gasteiger partial charge in [0.25, 0.3) is 0 Å². The first-order valence-electron chi connectivity index (χ1n) is 8.74. The summed E-state index contributed by atoms with van der Waals surface area (Å²) in [6.07, 6.45) is -3.90. The van der Waals surface area contributed by atoms with Crippen LogP contribution in [0.15, 0.2) is 24.4 Å². The second kappa shape index (κ2) is 8.07. The van der Waals surface area contributed by atoms with E-state index in [-0.39, 0.29) is 24.8 Å². The second-order valence-electron chi connectivity index (χ2n) is 6.70. The lowest BCUT2D eigenvalue weighted by Gasteiger charge is -2.16. The van der Waals surface area contributed by atoms with Crippen LogP contribution in [0.25, 0.3) is 0 Å². The Morgan fingerprint density at radius 2 is 2.00 bits per heavy atom. The number of rotatable bonds is 7. The summed E-state index contributed by atoms with van der Waals surface area (Å²) in [5.41, 5.74) is 0.790. The van der Waals surface area contributed by atoms with Gasteiger partial charge in [-0.3, -0.25) is 4.79 Å². The highest BCUT2D eigenvalue weighted by Crippen LogP contribution is 2.34. The quantitative estimate of drug-likeness (QED) is 0.598. The molecule has 0 saturated heterocycles. The predicted molar refractivity (Wildman–Crippen MR) is 105 cm³/mol. The highest BCUT2D eigenvalue weighted by Gasteiger charge is 2.35. The number of alkyl halides is 3. The predicted octanol–water partition coefficient (Wildman–Crippen LogP) is 2.04. The molecule has 1 amide bonds. The number of fused-ring (bicyclic) bond motifs is 1. The summed E-state index contributed by atoms with van der Waals surface area (Å²) in [6.45, 7) is -0.271. The van der Waals surface area contributed by atoms with Crippen LogP contribution in [0, 0.1) is 0 Å². The summed E-state index contributed by atoms with van der Waals surface area (Å²) < 4.78 is 64.5. The number of halogens is 3. The van der Waals surface area contributed by atoms with E-state index in [0.29, 0.717) is 17.6 Å². The number of anilines is 4. The Morgan fingerprint density at radius 3 is 2.67 bits per heavy atom. The van der Waals surface area contributed by atoms with Gasteiger partial charge in [-0.05, 0) is 23.8 Å². The monoisotopic (exact) mass is 444 g/mol. The van der Waals surface area contributed by atoms with Crippen molar-refractivity contribution in [2.75, 3.05) is 42.3 Å². The molecule has 0 spiro atoms. The van der Waals surface area contributed by atoms with Crippen molar-refractivity contribution in [3.63, 3.8) is 0 Å². The standard InChI is InChI=1S/C17H19F3N6O3S/c1-26(2)30(28,29)6-5-21-15-12(17(18,19)20)9-22-16(25-15)23-11-3-4-13-10(7-11)8-14(27)24-13/h3-4,7,9H,5-6,8H2,1-2H3,(H,24,27)(H2,21,22,23,25). The zero-order valence-electron chi connectivity index (χ0n) is 16.0. The summed E-state index contributed by atoms with van der Waals surface area (Å²) in [6, 6.07) is 4.96. The average molecular weight is 444 g/mol. The number of nitrogens with one attached hydrogen (secondary N) is 3. The first-order chi connectivity index (χ1) is 14.0. The van der Waals surface area contributed by atoms with Gasteiger partial charge in [0.05, 0.1) is 12.2 Å². The molecule has 0 radical (unpaired) electrons. The minimum absolute atomic E-state index is 0.113. The minimum atomic E-state index is -4.72. The van der Waals surface area contributed by atoms with E-state index in [1.54, 1.807) is 18.2 Å². The molecule has 1 aromatic heterocycles. The Morgan fingerprint density at radius 1 is 1.27 bits per heavy atom. The summed E-state index contributed by atoms with van der Waals surface area (Å²) in [5, 5.41) is 7.91. The molecule has 0 bridgehead atoms. The molecule has 30 heavy (non-hydrogen) atoms. The average Bonchev–Trinajstić information content (AvgIpc) is 3.00. The Hall–Kier alpha value is -2.93. The lowest BCUT2D eigenvalue weighted by molar-refractivity contribution is -0.137. The van der Waals surface area contributed by atoms with E-state index in [1.165, 1.54) is 14.1 Å². The molecule has 1 aromatic carbocycles. The summed E-state index contributed by atoms with van der Waals surface area (Å²) in [7, 11) is -0.916. The van der Waals surface area contributed by atoms with Gasteiger partial charge in [-0.1, -0.05) is 0 Å². The molecule has 162 valence electrons. The molecule has 0 fully saturated rings. The highest BCUT2D eigenvalue weighted by atomic mass is 32.2. The molecule has 1 aliphatic rings. The molecule has 3 N–H and O–H groups in total. The molecular weight excluding hydrogens is 425 g/mol. The Bertz CT molecular complexity index is 1070. The number of hydrogen-bond donors (Lipinski definition) is 3. The van der Waals surface area contributed by atoms with Gasteiger partial charge in [-0.2, -0.15) is 18.2 Å². The summed E-state index contributed by atoms with van der Waals surface area (Å²) in [4.78, 5) is 19.0. The van der Waals surface area contributed by atoms with Crippen LogP contribution in [0.2, 0.25) is 0 Å². The largest absolute Gasteiger partial charge is 0.421 e. The van der Waals surface area contributed by atoms with Gasteiger partial charge in [-0.25, -0.2) is 17.7 Å². The summed E-state index contributed by atoms with van der Waals surface area (Å²) in [5.74, 6) is -1.20. The number of benzene rings is 1. The second-order valence-corrected chi connectivity index (χ2v) is 9.00. The Labute approximate surface area is 170 Å². The van der Waals surface area contributed by atoms with E-state index in [9.17, 15) is 26.4 Å². The maximum atomic E-state index is 13.3. The smallest absolute Gasteiger partial charge is 0.368 e. The van der Waals surface area contributed by atoms with E-state index < -0.39 is 33.3 Å². The van der Waals surface area contributed by atoms with Crippen molar-refractivity contribution in [3.8, 4) is 0 Å². The molecule has 0 saturated carbocycles. The zero-order chi connectivity index (χ0) is 22.1. The molecule has 1 aliphatic heterocycles. The van der Waals surface area contributed by atoms with Gasteiger partial charge in [0.1, 0.15) is 11.4 Å². The van der Waals surface area contributed by atoms with E-state index in [4.69, 9.17) is 0 Å². The van der Waals surface area contributed by atoms with Crippen LogP contribution in [-0.4, -0.2) is 55.0 Å². The lowest BCUT2D eigenvalue weighted by atomic mass is 10.1. The van der Waals surface area contributed by atoms with Crippen molar-refractivity contribution < 1.29 is 26.4 Å².